The second-order valence-corrected chi connectivity index (χ2v) is 3.85. The molecule has 0 atom stereocenters. The Hall–Kier alpha value is -2.34. The van der Waals surface area contributed by atoms with Gasteiger partial charge in [-0.25, -0.2) is 0 Å². The van der Waals surface area contributed by atoms with Gasteiger partial charge in [0.15, 0.2) is 0 Å². The third-order valence-electron chi connectivity index (χ3n) is 2.46. The highest BCUT2D eigenvalue weighted by atomic mass is 14.9. The molecule has 0 saturated heterocycles. The lowest BCUT2D eigenvalue weighted by molar-refractivity contribution is 1.12. The lowest BCUT2D eigenvalue weighted by Gasteiger charge is -2.06. The van der Waals surface area contributed by atoms with Crippen molar-refractivity contribution in [3.8, 4) is 6.07 Å². The Labute approximate surface area is 101 Å². The maximum absolute atomic E-state index is 8.80. The summed E-state index contributed by atoms with van der Waals surface area (Å²) in [6.45, 7) is 2.65. The van der Waals surface area contributed by atoms with Crippen molar-refractivity contribution in [1.29, 1.82) is 5.26 Å². The maximum atomic E-state index is 8.80. The van der Waals surface area contributed by atoms with E-state index < -0.39 is 0 Å². The van der Waals surface area contributed by atoms with E-state index in [4.69, 9.17) is 5.26 Å². The van der Waals surface area contributed by atoms with E-state index in [0.717, 1.165) is 16.9 Å². The molecule has 0 unspecified atom stereocenters. The summed E-state index contributed by atoms with van der Waals surface area (Å²) in [5.74, 6) is 0. The summed E-state index contributed by atoms with van der Waals surface area (Å²) in [4.78, 5) is 4.21. The number of nitrogens with one attached hydrogen (secondary N) is 1. The summed E-state index contributed by atoms with van der Waals surface area (Å²) in [5.41, 5.74) is 3.76. The van der Waals surface area contributed by atoms with Crippen LogP contribution in [0.5, 0.6) is 0 Å². The predicted molar refractivity (Wildman–Crippen MR) is 67.5 cm³/mol. The highest BCUT2D eigenvalue weighted by Crippen LogP contribution is 2.09. The Morgan fingerprint density at radius 1 is 1.29 bits per heavy atom. The number of anilines is 1. The molecule has 2 aromatic rings. The van der Waals surface area contributed by atoms with Crippen molar-refractivity contribution in [2.75, 3.05) is 5.32 Å². The molecule has 0 aliphatic carbocycles. The van der Waals surface area contributed by atoms with Crippen molar-refractivity contribution >= 4 is 5.69 Å². The summed E-state index contributed by atoms with van der Waals surface area (Å²) in [7, 11) is 0. The van der Waals surface area contributed by atoms with E-state index in [2.05, 4.69) is 16.4 Å². The van der Waals surface area contributed by atoms with Crippen LogP contribution in [0.3, 0.4) is 0 Å². The van der Waals surface area contributed by atoms with Gasteiger partial charge < -0.3 is 5.32 Å². The Morgan fingerprint density at radius 3 is 2.88 bits per heavy atom. The van der Waals surface area contributed by atoms with Gasteiger partial charge >= 0.3 is 0 Å². The van der Waals surface area contributed by atoms with E-state index >= 15 is 0 Å². The molecular weight excluding hydrogens is 210 g/mol. The zero-order valence-corrected chi connectivity index (χ0v) is 9.64. The fraction of sp³-hybridized carbons (Fsp3) is 0.143. The predicted octanol–water partition coefficient (Wildman–Crippen LogP) is 2.87. The molecule has 0 bridgehead atoms. The first-order valence-corrected chi connectivity index (χ1v) is 5.43. The molecular formula is C14H13N3. The van der Waals surface area contributed by atoms with Crippen LogP contribution >= 0.6 is 0 Å². The van der Waals surface area contributed by atoms with Crippen LogP contribution in [-0.2, 0) is 6.54 Å². The summed E-state index contributed by atoms with van der Waals surface area (Å²) < 4.78 is 0. The molecule has 2 rings (SSSR count). The van der Waals surface area contributed by atoms with Crippen LogP contribution in [0.4, 0.5) is 5.69 Å². The number of rotatable bonds is 3. The summed E-state index contributed by atoms with van der Waals surface area (Å²) >= 11 is 0. The van der Waals surface area contributed by atoms with Gasteiger partial charge in [-0.15, -0.1) is 0 Å². The molecule has 1 aromatic heterocycles. The topological polar surface area (TPSA) is 48.7 Å². The number of pyridine rings is 1. The van der Waals surface area contributed by atoms with Gasteiger partial charge in [-0.1, -0.05) is 12.1 Å². The molecule has 1 aromatic carbocycles. The summed E-state index contributed by atoms with van der Waals surface area (Å²) in [6, 6.07) is 13.7. The fourth-order valence-electron chi connectivity index (χ4n) is 1.53. The van der Waals surface area contributed by atoms with E-state index in [1.165, 1.54) is 0 Å². The van der Waals surface area contributed by atoms with Gasteiger partial charge in [0, 0.05) is 12.2 Å². The van der Waals surface area contributed by atoms with Crippen molar-refractivity contribution in [2.45, 2.75) is 13.5 Å². The van der Waals surface area contributed by atoms with Gasteiger partial charge in [-0.05, 0) is 36.8 Å². The second kappa shape index (κ2) is 5.13. The minimum atomic E-state index is 0.686. The van der Waals surface area contributed by atoms with Crippen LogP contribution in [-0.4, -0.2) is 4.98 Å². The van der Waals surface area contributed by atoms with Crippen molar-refractivity contribution < 1.29 is 0 Å². The number of nitriles is 1. The maximum Gasteiger partial charge on any atom is 0.0991 e. The van der Waals surface area contributed by atoms with Gasteiger partial charge in [0.25, 0.3) is 0 Å². The van der Waals surface area contributed by atoms with Crippen molar-refractivity contribution in [3.63, 3.8) is 0 Å². The fourth-order valence-corrected chi connectivity index (χ4v) is 1.53. The minimum absolute atomic E-state index is 0.686. The monoisotopic (exact) mass is 223 g/mol. The Kier molecular flexibility index (Phi) is 3.37. The third kappa shape index (κ3) is 3.05. The Bertz CT molecular complexity index is 538. The van der Waals surface area contributed by atoms with Gasteiger partial charge in [-0.3, -0.25) is 4.98 Å². The molecule has 1 N–H and O–H groups in total. The number of aromatic nitrogens is 1. The van der Waals surface area contributed by atoms with E-state index in [1.54, 1.807) is 6.07 Å². The molecule has 84 valence electrons. The Balaban J connectivity index is 2.02. The smallest absolute Gasteiger partial charge is 0.0991 e. The van der Waals surface area contributed by atoms with Crippen molar-refractivity contribution in [3.05, 3.63) is 59.4 Å². The average Bonchev–Trinajstić information content (AvgIpc) is 2.38. The molecule has 0 radical (unpaired) electrons. The SMILES string of the molecule is Cc1ccc(NCc2cccc(C#N)c2)cn1. The molecule has 0 aliphatic heterocycles. The highest BCUT2D eigenvalue weighted by Gasteiger charge is 1.96. The molecule has 3 heteroatoms. The standard InChI is InChI=1S/C14H13N3/c1-11-5-6-14(10-16-11)17-9-13-4-2-3-12(7-13)8-15/h2-7,10,17H,9H2,1H3. The molecule has 17 heavy (non-hydrogen) atoms. The van der Waals surface area contributed by atoms with Gasteiger partial charge in [0.1, 0.15) is 0 Å². The number of hydrogen-bond acceptors (Lipinski definition) is 3. The number of benzene rings is 1. The van der Waals surface area contributed by atoms with Gasteiger partial charge in [-0.2, -0.15) is 5.26 Å². The zero-order chi connectivity index (χ0) is 12.1. The largest absolute Gasteiger partial charge is 0.380 e. The van der Waals surface area contributed by atoms with Crippen LogP contribution in [0.1, 0.15) is 16.8 Å². The molecule has 3 nitrogen and oxygen atoms in total. The number of aryl methyl sites for hydroxylation is 1. The zero-order valence-electron chi connectivity index (χ0n) is 9.64. The molecule has 0 spiro atoms. The Morgan fingerprint density at radius 2 is 2.18 bits per heavy atom. The average molecular weight is 223 g/mol. The first kappa shape index (κ1) is 11.2. The second-order valence-electron chi connectivity index (χ2n) is 3.85. The third-order valence-corrected chi connectivity index (χ3v) is 2.46. The van der Waals surface area contributed by atoms with Crippen LogP contribution in [0.15, 0.2) is 42.6 Å². The quantitative estimate of drug-likeness (QED) is 0.870. The number of nitrogens with zero attached hydrogens (tertiary/aromatic N) is 2. The molecule has 0 fully saturated rings. The normalized spacial score (nSPS) is 9.65. The lowest BCUT2D eigenvalue weighted by Crippen LogP contribution is -2.00. The first-order chi connectivity index (χ1) is 8.28. The summed E-state index contributed by atoms with van der Waals surface area (Å²) in [5, 5.41) is 12.1. The van der Waals surface area contributed by atoms with Crippen molar-refractivity contribution in [2.24, 2.45) is 0 Å². The molecule has 0 aliphatic rings. The van der Waals surface area contributed by atoms with Crippen LogP contribution in [0.2, 0.25) is 0 Å². The van der Waals surface area contributed by atoms with E-state index in [0.29, 0.717) is 12.1 Å². The summed E-state index contributed by atoms with van der Waals surface area (Å²) in [6.07, 6.45) is 1.81. The molecule has 0 saturated carbocycles. The molecule has 1 heterocycles. The van der Waals surface area contributed by atoms with Gasteiger partial charge in [0.2, 0.25) is 0 Å². The highest BCUT2D eigenvalue weighted by molar-refractivity contribution is 5.42. The number of hydrogen-bond donors (Lipinski definition) is 1. The first-order valence-electron chi connectivity index (χ1n) is 5.43. The minimum Gasteiger partial charge on any atom is -0.380 e. The van der Waals surface area contributed by atoms with Crippen LogP contribution in [0.25, 0.3) is 0 Å². The van der Waals surface area contributed by atoms with E-state index in [1.807, 2.05) is 43.5 Å². The van der Waals surface area contributed by atoms with E-state index in [9.17, 15) is 0 Å². The van der Waals surface area contributed by atoms with Gasteiger partial charge in [0.05, 0.1) is 23.5 Å². The molecule has 0 amide bonds. The van der Waals surface area contributed by atoms with Crippen molar-refractivity contribution in [1.82, 2.24) is 4.98 Å². The van der Waals surface area contributed by atoms with E-state index in [-0.39, 0.29) is 0 Å². The van der Waals surface area contributed by atoms with Crippen LogP contribution < -0.4 is 5.32 Å². The van der Waals surface area contributed by atoms with Crippen LogP contribution in [0, 0.1) is 18.3 Å². The lowest BCUT2D eigenvalue weighted by atomic mass is 10.1.